The zero-order chi connectivity index (χ0) is 14.3. The molecule has 0 fully saturated rings. The van der Waals surface area contributed by atoms with Crippen LogP contribution in [0.5, 0.6) is 5.75 Å². The fourth-order valence-electron chi connectivity index (χ4n) is 1.79. The number of hydrogen-bond acceptors (Lipinski definition) is 3. The zero-order valence-electron chi connectivity index (χ0n) is 11.7. The van der Waals surface area contributed by atoms with E-state index in [9.17, 15) is 4.79 Å². The van der Waals surface area contributed by atoms with E-state index in [4.69, 9.17) is 21.1 Å². The van der Waals surface area contributed by atoms with Gasteiger partial charge in [0.1, 0.15) is 11.5 Å². The molecule has 1 rings (SSSR count). The van der Waals surface area contributed by atoms with E-state index >= 15 is 0 Å². The van der Waals surface area contributed by atoms with Gasteiger partial charge >= 0.3 is 0 Å². The van der Waals surface area contributed by atoms with E-state index in [2.05, 4.69) is 0 Å². The average Bonchev–Trinajstić information content (AvgIpc) is 2.43. The number of carbonyl (C=O) groups excluding carboxylic acids is 1. The molecule has 0 saturated heterocycles. The molecule has 1 aromatic rings. The highest BCUT2D eigenvalue weighted by atomic mass is 35.5. The van der Waals surface area contributed by atoms with Crippen LogP contribution in [0.2, 0.25) is 0 Å². The van der Waals surface area contributed by atoms with Crippen molar-refractivity contribution in [2.24, 2.45) is 0 Å². The van der Waals surface area contributed by atoms with Crippen molar-refractivity contribution in [3.8, 4) is 5.75 Å². The summed E-state index contributed by atoms with van der Waals surface area (Å²) in [5.41, 5.74) is 0.134. The topological polar surface area (TPSA) is 35.5 Å². The van der Waals surface area contributed by atoms with Crippen LogP contribution in [0.15, 0.2) is 24.3 Å². The van der Waals surface area contributed by atoms with Gasteiger partial charge in [-0.3, -0.25) is 4.79 Å². The van der Waals surface area contributed by atoms with Gasteiger partial charge in [-0.05, 0) is 19.9 Å². The molecule has 0 aliphatic rings. The fourth-order valence-corrected chi connectivity index (χ4v) is 2.12. The second-order valence-electron chi connectivity index (χ2n) is 4.71. The third kappa shape index (κ3) is 3.95. The minimum Gasteiger partial charge on any atom is -0.493 e. The SMILES string of the molecule is COCCCOc1ccccc1C(C)(CCl)C(C)=O. The number of Topliss-reactive ketones (excluding diaryl/α,β-unsaturated/α-hetero) is 1. The van der Waals surface area contributed by atoms with Crippen LogP contribution < -0.4 is 4.74 Å². The molecule has 1 unspecified atom stereocenters. The summed E-state index contributed by atoms with van der Waals surface area (Å²) >= 11 is 6.00. The zero-order valence-corrected chi connectivity index (χ0v) is 12.5. The molecule has 1 atom stereocenters. The molecular weight excluding hydrogens is 264 g/mol. The number of carbonyl (C=O) groups is 1. The molecule has 0 aliphatic heterocycles. The molecule has 0 radical (unpaired) electrons. The molecule has 0 aliphatic carbocycles. The van der Waals surface area contributed by atoms with Gasteiger partial charge in [0.05, 0.1) is 12.0 Å². The lowest BCUT2D eigenvalue weighted by molar-refractivity contribution is -0.121. The molecule has 0 amide bonds. The summed E-state index contributed by atoms with van der Waals surface area (Å²) in [5, 5.41) is 0. The van der Waals surface area contributed by atoms with Crippen LogP contribution in [-0.4, -0.2) is 32.0 Å². The Kier molecular flexibility index (Phi) is 6.32. The van der Waals surface area contributed by atoms with Crippen molar-refractivity contribution >= 4 is 17.4 Å². The van der Waals surface area contributed by atoms with E-state index in [1.54, 1.807) is 14.0 Å². The minimum atomic E-state index is -0.709. The van der Waals surface area contributed by atoms with Crippen molar-refractivity contribution in [2.75, 3.05) is 26.2 Å². The van der Waals surface area contributed by atoms with Gasteiger partial charge in [-0.25, -0.2) is 0 Å². The molecule has 0 heterocycles. The predicted molar refractivity (Wildman–Crippen MR) is 77.2 cm³/mol. The second kappa shape index (κ2) is 7.51. The first-order valence-corrected chi connectivity index (χ1v) is 6.88. The van der Waals surface area contributed by atoms with E-state index in [0.29, 0.717) is 13.2 Å². The number of rotatable bonds is 8. The number of benzene rings is 1. The van der Waals surface area contributed by atoms with Crippen molar-refractivity contribution in [3.05, 3.63) is 29.8 Å². The molecule has 0 saturated carbocycles. The molecule has 0 spiro atoms. The van der Waals surface area contributed by atoms with E-state index < -0.39 is 5.41 Å². The Bertz CT molecular complexity index is 420. The lowest BCUT2D eigenvalue weighted by atomic mass is 9.80. The van der Waals surface area contributed by atoms with Crippen LogP contribution in [0.1, 0.15) is 25.8 Å². The summed E-state index contributed by atoms with van der Waals surface area (Å²) < 4.78 is 10.7. The highest BCUT2D eigenvalue weighted by Crippen LogP contribution is 2.33. The monoisotopic (exact) mass is 284 g/mol. The summed E-state index contributed by atoms with van der Waals surface area (Å²) in [5.74, 6) is 0.994. The Hall–Kier alpha value is -1.06. The third-order valence-electron chi connectivity index (χ3n) is 3.28. The predicted octanol–water partition coefficient (Wildman–Crippen LogP) is 3.19. The summed E-state index contributed by atoms with van der Waals surface area (Å²) in [7, 11) is 1.66. The maximum atomic E-state index is 11.9. The van der Waals surface area contributed by atoms with Gasteiger partial charge in [0.2, 0.25) is 0 Å². The van der Waals surface area contributed by atoms with Gasteiger partial charge in [-0.2, -0.15) is 0 Å². The normalized spacial score (nSPS) is 13.9. The molecule has 0 aromatic heterocycles. The van der Waals surface area contributed by atoms with Gasteiger partial charge in [0, 0.05) is 31.6 Å². The van der Waals surface area contributed by atoms with Gasteiger partial charge in [0.15, 0.2) is 0 Å². The Morgan fingerprint density at radius 2 is 2.00 bits per heavy atom. The second-order valence-corrected chi connectivity index (χ2v) is 4.98. The lowest BCUT2D eigenvalue weighted by Crippen LogP contribution is -2.33. The van der Waals surface area contributed by atoms with Gasteiger partial charge in [0.25, 0.3) is 0 Å². The van der Waals surface area contributed by atoms with Crippen molar-refractivity contribution in [1.82, 2.24) is 0 Å². The van der Waals surface area contributed by atoms with E-state index in [0.717, 1.165) is 17.7 Å². The summed E-state index contributed by atoms with van der Waals surface area (Å²) in [6.45, 7) is 4.62. The smallest absolute Gasteiger partial charge is 0.141 e. The Morgan fingerprint density at radius 1 is 1.32 bits per heavy atom. The van der Waals surface area contributed by atoms with Crippen LogP contribution >= 0.6 is 11.6 Å². The number of para-hydroxylation sites is 1. The van der Waals surface area contributed by atoms with E-state index in [1.165, 1.54) is 0 Å². The maximum Gasteiger partial charge on any atom is 0.141 e. The molecule has 4 heteroatoms. The molecule has 0 N–H and O–H groups in total. The number of alkyl halides is 1. The Labute approximate surface area is 119 Å². The van der Waals surface area contributed by atoms with Crippen LogP contribution in [0.3, 0.4) is 0 Å². The van der Waals surface area contributed by atoms with Crippen molar-refractivity contribution in [3.63, 3.8) is 0 Å². The fraction of sp³-hybridized carbons (Fsp3) is 0.533. The number of ketones is 1. The molecule has 19 heavy (non-hydrogen) atoms. The number of ether oxygens (including phenoxy) is 2. The van der Waals surface area contributed by atoms with Crippen molar-refractivity contribution in [1.29, 1.82) is 0 Å². The van der Waals surface area contributed by atoms with Crippen LogP contribution in [-0.2, 0) is 14.9 Å². The Morgan fingerprint density at radius 3 is 2.58 bits per heavy atom. The largest absolute Gasteiger partial charge is 0.493 e. The maximum absolute atomic E-state index is 11.9. The Balaban J connectivity index is 2.91. The van der Waals surface area contributed by atoms with Crippen molar-refractivity contribution in [2.45, 2.75) is 25.7 Å². The first kappa shape index (κ1) is 16.0. The number of halogens is 1. The average molecular weight is 285 g/mol. The van der Waals surface area contributed by atoms with E-state index in [1.807, 2.05) is 31.2 Å². The molecule has 3 nitrogen and oxygen atoms in total. The standard InChI is InChI=1S/C15H21ClO3/c1-12(17)15(2,11-16)13-7-4-5-8-14(13)19-10-6-9-18-3/h4-5,7-8H,6,9-11H2,1-3H3. The summed E-state index contributed by atoms with van der Waals surface area (Å²) in [6, 6.07) is 7.56. The van der Waals surface area contributed by atoms with Crippen LogP contribution in [0, 0.1) is 0 Å². The lowest BCUT2D eigenvalue weighted by Gasteiger charge is -2.26. The van der Waals surface area contributed by atoms with Gasteiger partial charge < -0.3 is 9.47 Å². The van der Waals surface area contributed by atoms with Crippen LogP contribution in [0.25, 0.3) is 0 Å². The summed E-state index contributed by atoms with van der Waals surface area (Å²) in [6.07, 6.45) is 0.808. The third-order valence-corrected chi connectivity index (χ3v) is 3.81. The van der Waals surface area contributed by atoms with E-state index in [-0.39, 0.29) is 11.7 Å². The first-order valence-electron chi connectivity index (χ1n) is 6.34. The van der Waals surface area contributed by atoms with Crippen molar-refractivity contribution < 1.29 is 14.3 Å². The highest BCUT2D eigenvalue weighted by molar-refractivity contribution is 6.20. The number of methoxy groups -OCH3 is 1. The van der Waals surface area contributed by atoms with Gasteiger partial charge in [-0.1, -0.05) is 18.2 Å². The first-order chi connectivity index (χ1) is 9.06. The highest BCUT2D eigenvalue weighted by Gasteiger charge is 2.33. The molecular formula is C15H21ClO3. The van der Waals surface area contributed by atoms with Crippen LogP contribution in [0.4, 0.5) is 0 Å². The summed E-state index contributed by atoms with van der Waals surface area (Å²) in [4.78, 5) is 11.9. The minimum absolute atomic E-state index is 0.0374. The molecule has 1 aromatic carbocycles. The molecule has 0 bridgehead atoms. The molecule has 106 valence electrons. The quantitative estimate of drug-likeness (QED) is 0.543. The number of hydrogen-bond donors (Lipinski definition) is 0. The van der Waals surface area contributed by atoms with Gasteiger partial charge in [-0.15, -0.1) is 11.6 Å².